The molecule has 0 heterocycles. The zero-order chi connectivity index (χ0) is 51.9. The highest BCUT2D eigenvalue weighted by Crippen LogP contribution is 2.40. The Morgan fingerprint density at radius 1 is 0.264 bits per heavy atom. The minimum absolute atomic E-state index is 0.202. The van der Waals surface area contributed by atoms with Crippen LogP contribution in [0.4, 0.5) is 0 Å². The van der Waals surface area contributed by atoms with Gasteiger partial charge in [0.2, 0.25) is 12.8 Å². The van der Waals surface area contributed by atoms with E-state index in [-0.39, 0.29) is 22.3 Å². The maximum absolute atomic E-state index is 11.5. The van der Waals surface area contributed by atoms with E-state index in [4.69, 9.17) is 0 Å². The van der Waals surface area contributed by atoms with Crippen molar-refractivity contribution in [2.24, 2.45) is 0 Å². The van der Waals surface area contributed by atoms with Crippen LogP contribution in [0.25, 0.3) is 55.7 Å². The van der Waals surface area contributed by atoms with E-state index in [1.165, 1.54) is 9.80 Å². The molecule has 72 heavy (non-hydrogen) atoms. The molecule has 12 nitrogen and oxygen atoms in total. The van der Waals surface area contributed by atoms with Gasteiger partial charge in [0.05, 0.1) is 22.3 Å². The number of hydrogen-bond acceptors (Lipinski definition) is 6. The molecular weight excluding hydrogens is 909 g/mol. The molecule has 0 atom stereocenters. The van der Waals surface area contributed by atoms with Crippen molar-refractivity contribution >= 4 is 47.8 Å². The Bertz CT molecular complexity index is 2770. The van der Waals surface area contributed by atoms with Crippen LogP contribution in [-0.2, 0) is 9.59 Å². The maximum atomic E-state index is 11.5. The molecule has 0 aromatic heterocycles. The van der Waals surface area contributed by atoms with Gasteiger partial charge < -0.3 is 30.2 Å². The maximum Gasteiger partial charge on any atom is 0.335 e. The molecule has 8 rings (SSSR count). The van der Waals surface area contributed by atoms with Gasteiger partial charge in [0.1, 0.15) is 0 Å². The Kier molecular flexibility index (Phi) is 17.3. The van der Waals surface area contributed by atoms with Gasteiger partial charge in [-0.05, 0) is 126 Å². The fourth-order valence-corrected chi connectivity index (χ4v) is 7.45. The van der Waals surface area contributed by atoms with E-state index >= 15 is 0 Å². The minimum atomic E-state index is -0.995. The molecule has 0 aliphatic heterocycles. The van der Waals surface area contributed by atoms with E-state index < -0.39 is 23.9 Å². The van der Waals surface area contributed by atoms with Crippen molar-refractivity contribution in [2.45, 2.75) is 0 Å². The number of nitrogens with zero attached hydrogens (tertiary/aromatic N) is 2. The summed E-state index contributed by atoms with van der Waals surface area (Å²) in [7, 11) is 6.75. The number of carbonyl (C=O) groups excluding carboxylic acids is 2. The molecular formula is C60H50N2O10. The quantitative estimate of drug-likeness (QED) is 0.0603. The first-order valence-corrected chi connectivity index (χ1v) is 22.3. The lowest BCUT2D eigenvalue weighted by Crippen LogP contribution is -2.06. The third-order valence-corrected chi connectivity index (χ3v) is 11.2. The number of benzene rings is 8. The van der Waals surface area contributed by atoms with Gasteiger partial charge in [-0.3, -0.25) is 9.59 Å². The van der Waals surface area contributed by atoms with Crippen LogP contribution < -0.4 is 0 Å². The number of rotatable bonds is 14. The molecule has 8 aromatic carbocycles. The molecule has 0 bridgehead atoms. The fraction of sp³-hybridized carbons (Fsp3) is 0.0667. The summed E-state index contributed by atoms with van der Waals surface area (Å²) in [5, 5.41) is 37.8. The lowest BCUT2D eigenvalue weighted by atomic mass is 9.84. The fourth-order valence-electron chi connectivity index (χ4n) is 7.45. The highest BCUT2D eigenvalue weighted by molar-refractivity contribution is 6.05. The summed E-state index contributed by atoms with van der Waals surface area (Å²) in [6.07, 6.45) is 1.50. The minimum Gasteiger partial charge on any atom is -0.478 e. The van der Waals surface area contributed by atoms with Crippen LogP contribution >= 0.6 is 0 Å². The van der Waals surface area contributed by atoms with Gasteiger partial charge >= 0.3 is 23.9 Å². The van der Waals surface area contributed by atoms with Crippen LogP contribution in [0.5, 0.6) is 0 Å². The summed E-state index contributed by atoms with van der Waals surface area (Å²) in [5.74, 6) is -3.98. The Morgan fingerprint density at radius 2 is 0.375 bits per heavy atom. The van der Waals surface area contributed by atoms with Crippen molar-refractivity contribution in [3.05, 3.63) is 239 Å². The van der Waals surface area contributed by atoms with E-state index in [2.05, 4.69) is 0 Å². The first-order valence-electron chi connectivity index (χ1n) is 22.3. The van der Waals surface area contributed by atoms with Crippen molar-refractivity contribution in [1.82, 2.24) is 9.80 Å². The number of carbonyl (C=O) groups is 6. The number of carboxylic acid groups (broad SMARTS) is 4. The van der Waals surface area contributed by atoms with Crippen molar-refractivity contribution in [3.63, 3.8) is 0 Å². The summed E-state index contributed by atoms with van der Waals surface area (Å²) >= 11 is 0. The van der Waals surface area contributed by atoms with Gasteiger partial charge in [-0.15, -0.1) is 0 Å². The van der Waals surface area contributed by atoms with Crippen molar-refractivity contribution < 1.29 is 49.2 Å². The summed E-state index contributed by atoms with van der Waals surface area (Å²) < 4.78 is 0. The SMILES string of the molecule is CN(C)C=O.CN(C)C=O.O=C(O)c1ccc(-c2ccc(C(=C(c3ccc(-c4ccc(C(=O)O)cc4)cc3)c3ccc(-c4ccc(C(=O)O)cc4)cc3)c3ccc(-c4ccc(C(=O)O)cc4)cc3)cc2)cc1. The zero-order valence-electron chi connectivity index (χ0n) is 39.8. The molecule has 0 saturated carbocycles. The summed E-state index contributed by atoms with van der Waals surface area (Å²) in [4.78, 5) is 67.9. The van der Waals surface area contributed by atoms with Crippen molar-refractivity contribution in [1.29, 1.82) is 0 Å². The highest BCUT2D eigenvalue weighted by Gasteiger charge is 2.18. The van der Waals surface area contributed by atoms with Crippen LogP contribution in [0, 0.1) is 0 Å². The Morgan fingerprint density at radius 3 is 0.472 bits per heavy atom. The van der Waals surface area contributed by atoms with E-state index in [9.17, 15) is 49.2 Å². The molecule has 12 heteroatoms. The third kappa shape index (κ3) is 13.3. The summed E-state index contributed by atoms with van der Waals surface area (Å²) in [6.45, 7) is 0. The van der Waals surface area contributed by atoms with Gasteiger partial charge in [-0.1, -0.05) is 146 Å². The average Bonchev–Trinajstić information content (AvgIpc) is 3.41. The Balaban J connectivity index is 0.000000772. The van der Waals surface area contributed by atoms with Crippen molar-refractivity contribution in [2.75, 3.05) is 28.2 Å². The number of amides is 2. The molecule has 0 fully saturated rings. The first kappa shape index (κ1) is 51.7. The van der Waals surface area contributed by atoms with Gasteiger partial charge in [-0.25, -0.2) is 19.2 Å². The molecule has 8 aromatic rings. The Hall–Kier alpha value is -9.68. The molecule has 0 aliphatic carbocycles. The predicted molar refractivity (Wildman–Crippen MR) is 280 cm³/mol. The highest BCUT2D eigenvalue weighted by atomic mass is 16.4. The van der Waals surface area contributed by atoms with Crippen LogP contribution in [-0.4, -0.2) is 95.1 Å². The van der Waals surface area contributed by atoms with E-state index in [0.29, 0.717) is 0 Å². The zero-order valence-corrected chi connectivity index (χ0v) is 39.8. The molecule has 0 radical (unpaired) electrons. The van der Waals surface area contributed by atoms with Gasteiger partial charge in [0.25, 0.3) is 0 Å². The van der Waals surface area contributed by atoms with E-state index in [1.54, 1.807) is 125 Å². The molecule has 2 amide bonds. The van der Waals surface area contributed by atoms with Crippen LogP contribution in [0.1, 0.15) is 63.7 Å². The summed E-state index contributed by atoms with van der Waals surface area (Å²) in [5.41, 5.74) is 13.4. The van der Waals surface area contributed by atoms with Gasteiger partial charge in [0.15, 0.2) is 0 Å². The van der Waals surface area contributed by atoms with Crippen molar-refractivity contribution in [3.8, 4) is 44.5 Å². The lowest BCUT2D eigenvalue weighted by molar-refractivity contribution is -0.116. The normalized spacial score (nSPS) is 10.2. The van der Waals surface area contributed by atoms with Crippen LogP contribution in [0.15, 0.2) is 194 Å². The molecule has 0 spiro atoms. The largest absolute Gasteiger partial charge is 0.478 e. The third-order valence-electron chi connectivity index (χ3n) is 11.2. The second-order valence-corrected chi connectivity index (χ2v) is 16.7. The number of aromatic carboxylic acids is 4. The molecule has 360 valence electrons. The monoisotopic (exact) mass is 958 g/mol. The van der Waals surface area contributed by atoms with E-state index in [1.807, 2.05) is 97.1 Å². The topological polar surface area (TPSA) is 190 Å². The van der Waals surface area contributed by atoms with Crippen LogP contribution in [0.3, 0.4) is 0 Å². The smallest absolute Gasteiger partial charge is 0.335 e. The molecule has 0 aliphatic rings. The first-order chi connectivity index (χ1) is 34.6. The lowest BCUT2D eigenvalue weighted by Gasteiger charge is -2.20. The van der Waals surface area contributed by atoms with E-state index in [0.717, 1.165) is 90.7 Å². The van der Waals surface area contributed by atoms with Gasteiger partial charge in [-0.2, -0.15) is 0 Å². The predicted octanol–water partition coefficient (Wildman–Crippen LogP) is 11.6. The molecule has 4 N–H and O–H groups in total. The molecule has 0 unspecified atom stereocenters. The standard InChI is InChI=1S/C54H36O8.2C3H7NO/c55-51(56)45-25-9-37(10-26-45)33-1-17-41(18-2-33)49(42-19-3-34(4-20-42)38-11-27-46(28-12-38)52(57)58)50(43-21-5-35(6-22-43)39-13-29-47(30-14-39)53(59)60)44-23-7-36(8-24-44)40-15-31-48(32-16-40)54(61)62;2*1-4(2)3-5/h1-32H,(H,55,56)(H,57,58)(H,59,60)(H,61,62);2*3H,1-2H3. The summed E-state index contributed by atoms with van der Waals surface area (Å²) in [6, 6.07) is 59.4. The number of carboxylic acids is 4. The second kappa shape index (κ2) is 24.0. The second-order valence-electron chi connectivity index (χ2n) is 16.7. The molecule has 0 saturated heterocycles. The van der Waals surface area contributed by atoms with Gasteiger partial charge in [0, 0.05) is 28.2 Å². The average molecular weight is 959 g/mol. The Labute approximate surface area is 416 Å². The van der Waals surface area contributed by atoms with Crippen LogP contribution in [0.2, 0.25) is 0 Å². The number of hydrogen-bond donors (Lipinski definition) is 4.